The molecule has 0 amide bonds. The average molecular weight is 191 g/mol. The monoisotopic (exact) mass is 191 g/mol. The van der Waals surface area contributed by atoms with Gasteiger partial charge in [0.2, 0.25) is 0 Å². The number of hydrogen-bond donors (Lipinski definition) is 0. The summed E-state index contributed by atoms with van der Waals surface area (Å²) >= 11 is 0. The lowest BCUT2D eigenvalue weighted by Crippen LogP contribution is -2.21. The minimum Gasteiger partial charge on any atom is -0.433 e. The van der Waals surface area contributed by atoms with Crippen LogP contribution in [0.1, 0.15) is 0 Å². The first kappa shape index (κ1) is 12.2. The average Bonchev–Trinajstić information content (AvgIpc) is 2.04. The van der Waals surface area contributed by atoms with Gasteiger partial charge in [0.15, 0.2) is 0 Å². The minimum atomic E-state index is -0.640. The maximum Gasteiger partial charge on any atom is 0.508 e. The van der Waals surface area contributed by atoms with E-state index in [-0.39, 0.29) is 6.61 Å². The van der Waals surface area contributed by atoms with E-state index >= 15 is 0 Å². The van der Waals surface area contributed by atoms with Crippen LogP contribution in [-0.2, 0) is 14.2 Å². The zero-order chi connectivity index (χ0) is 10.1. The van der Waals surface area contributed by atoms with Crippen molar-refractivity contribution in [3.63, 3.8) is 0 Å². The molecule has 78 valence electrons. The Morgan fingerprint density at radius 2 is 1.77 bits per heavy atom. The highest BCUT2D eigenvalue weighted by atomic mass is 16.7. The molecule has 0 unspecified atom stereocenters. The van der Waals surface area contributed by atoms with E-state index < -0.39 is 6.16 Å². The maximum absolute atomic E-state index is 10.8. The highest BCUT2D eigenvalue weighted by Gasteiger charge is 2.02. The van der Waals surface area contributed by atoms with Crippen molar-refractivity contribution in [3.05, 3.63) is 0 Å². The Bertz CT molecular complexity index is 138. The second-order valence-electron chi connectivity index (χ2n) is 2.74. The summed E-state index contributed by atoms with van der Waals surface area (Å²) in [7, 11) is 5.35. The van der Waals surface area contributed by atoms with Crippen LogP contribution in [0.25, 0.3) is 0 Å². The van der Waals surface area contributed by atoms with Gasteiger partial charge in [-0.1, -0.05) is 0 Å². The van der Waals surface area contributed by atoms with Crippen LogP contribution in [0.2, 0.25) is 0 Å². The molecular formula is C8H17NO4. The highest BCUT2D eigenvalue weighted by molar-refractivity contribution is 5.59. The SMILES string of the molecule is COCCOC(=O)OCCN(C)C. The lowest BCUT2D eigenvalue weighted by atomic mass is 10.6. The molecule has 0 fully saturated rings. The number of ether oxygens (including phenoxy) is 3. The second kappa shape index (κ2) is 7.82. The molecule has 0 spiro atoms. The van der Waals surface area contributed by atoms with Gasteiger partial charge in [-0.25, -0.2) is 4.79 Å². The van der Waals surface area contributed by atoms with Crippen molar-refractivity contribution >= 4 is 6.16 Å². The number of carbonyl (C=O) groups excluding carboxylic acids is 1. The molecule has 5 heteroatoms. The first-order chi connectivity index (χ1) is 6.16. The Balaban J connectivity index is 3.20. The third-order valence-corrected chi connectivity index (χ3v) is 1.27. The first-order valence-electron chi connectivity index (χ1n) is 4.10. The Hall–Kier alpha value is -0.810. The minimum absolute atomic E-state index is 0.233. The molecule has 5 nitrogen and oxygen atoms in total. The van der Waals surface area contributed by atoms with Gasteiger partial charge in [0, 0.05) is 13.7 Å². The fraction of sp³-hybridized carbons (Fsp3) is 0.875. The molecule has 0 aromatic carbocycles. The van der Waals surface area contributed by atoms with E-state index in [0.29, 0.717) is 19.8 Å². The summed E-state index contributed by atoms with van der Waals surface area (Å²) in [5.41, 5.74) is 0. The van der Waals surface area contributed by atoms with E-state index in [0.717, 1.165) is 0 Å². The van der Waals surface area contributed by atoms with Crippen molar-refractivity contribution in [1.29, 1.82) is 0 Å². The summed E-state index contributed by atoms with van der Waals surface area (Å²) in [6.07, 6.45) is -0.640. The van der Waals surface area contributed by atoms with Crippen molar-refractivity contribution < 1.29 is 19.0 Å². The number of rotatable bonds is 6. The molecule has 0 aromatic heterocycles. The summed E-state index contributed by atoms with van der Waals surface area (Å²) in [6, 6.07) is 0. The standard InChI is InChI=1S/C8H17NO4/c1-9(2)4-5-12-8(10)13-7-6-11-3/h4-7H2,1-3H3. The number of carbonyl (C=O) groups is 1. The summed E-state index contributed by atoms with van der Waals surface area (Å²) in [5, 5.41) is 0. The van der Waals surface area contributed by atoms with Crippen molar-refractivity contribution in [2.75, 3.05) is 47.6 Å². The molecule has 0 radical (unpaired) electrons. The fourth-order valence-electron chi connectivity index (χ4n) is 0.562. The number of methoxy groups -OCH3 is 1. The Morgan fingerprint density at radius 1 is 1.15 bits per heavy atom. The zero-order valence-corrected chi connectivity index (χ0v) is 8.41. The molecule has 13 heavy (non-hydrogen) atoms. The third-order valence-electron chi connectivity index (χ3n) is 1.27. The molecule has 0 N–H and O–H groups in total. The summed E-state index contributed by atoms with van der Waals surface area (Å²) in [4.78, 5) is 12.7. The van der Waals surface area contributed by atoms with Gasteiger partial charge in [-0.05, 0) is 14.1 Å². The van der Waals surface area contributed by atoms with Crippen LogP contribution in [0.4, 0.5) is 4.79 Å². The third kappa shape index (κ3) is 9.10. The number of likely N-dealkylation sites (N-methyl/N-ethyl adjacent to an activating group) is 1. The Labute approximate surface area is 78.6 Å². The topological polar surface area (TPSA) is 48.0 Å². The molecule has 0 rings (SSSR count). The molecule has 0 aromatic rings. The summed E-state index contributed by atoms with van der Waals surface area (Å²) in [6.45, 7) is 1.66. The molecule has 0 heterocycles. The molecule has 0 saturated heterocycles. The lowest BCUT2D eigenvalue weighted by molar-refractivity contribution is 0.0338. The van der Waals surface area contributed by atoms with Crippen molar-refractivity contribution in [2.24, 2.45) is 0 Å². The molecule has 0 aliphatic heterocycles. The predicted molar refractivity (Wildman–Crippen MR) is 47.7 cm³/mol. The van der Waals surface area contributed by atoms with Crippen LogP contribution in [0.5, 0.6) is 0 Å². The smallest absolute Gasteiger partial charge is 0.433 e. The second-order valence-corrected chi connectivity index (χ2v) is 2.74. The largest absolute Gasteiger partial charge is 0.508 e. The lowest BCUT2D eigenvalue weighted by Gasteiger charge is -2.09. The first-order valence-corrected chi connectivity index (χ1v) is 4.10. The van der Waals surface area contributed by atoms with Gasteiger partial charge >= 0.3 is 6.16 Å². The molecule has 0 bridgehead atoms. The normalized spacial score (nSPS) is 10.2. The van der Waals surface area contributed by atoms with Gasteiger partial charge < -0.3 is 19.1 Å². The Morgan fingerprint density at radius 3 is 2.31 bits per heavy atom. The predicted octanol–water partition coefficient (Wildman–Crippen LogP) is 0.348. The highest BCUT2D eigenvalue weighted by Crippen LogP contribution is 1.86. The van der Waals surface area contributed by atoms with Crippen LogP contribution in [0.15, 0.2) is 0 Å². The van der Waals surface area contributed by atoms with Crippen LogP contribution in [0, 0.1) is 0 Å². The quantitative estimate of drug-likeness (QED) is 0.448. The molecule has 0 atom stereocenters. The van der Waals surface area contributed by atoms with E-state index in [2.05, 4.69) is 4.74 Å². The molecular weight excluding hydrogens is 174 g/mol. The maximum atomic E-state index is 10.8. The molecule has 0 aliphatic carbocycles. The number of hydrogen-bond acceptors (Lipinski definition) is 5. The van der Waals surface area contributed by atoms with Crippen LogP contribution >= 0.6 is 0 Å². The van der Waals surface area contributed by atoms with E-state index in [1.165, 1.54) is 0 Å². The van der Waals surface area contributed by atoms with E-state index in [1.54, 1.807) is 7.11 Å². The summed E-state index contributed by atoms with van der Waals surface area (Å²) < 4.78 is 14.1. The van der Waals surface area contributed by atoms with Gasteiger partial charge in [0.25, 0.3) is 0 Å². The van der Waals surface area contributed by atoms with Crippen molar-refractivity contribution in [3.8, 4) is 0 Å². The van der Waals surface area contributed by atoms with Gasteiger partial charge in [0.1, 0.15) is 13.2 Å². The zero-order valence-electron chi connectivity index (χ0n) is 8.41. The van der Waals surface area contributed by atoms with E-state index in [4.69, 9.17) is 9.47 Å². The van der Waals surface area contributed by atoms with Crippen LogP contribution in [0.3, 0.4) is 0 Å². The molecule has 0 aliphatic rings. The Kier molecular flexibility index (Phi) is 7.33. The van der Waals surface area contributed by atoms with E-state index in [9.17, 15) is 4.79 Å². The summed E-state index contributed by atoms with van der Waals surface area (Å²) in [5.74, 6) is 0. The van der Waals surface area contributed by atoms with Gasteiger partial charge in [-0.3, -0.25) is 0 Å². The van der Waals surface area contributed by atoms with Gasteiger partial charge in [-0.2, -0.15) is 0 Å². The fourth-order valence-corrected chi connectivity index (χ4v) is 0.562. The van der Waals surface area contributed by atoms with Gasteiger partial charge in [0.05, 0.1) is 6.61 Å². The van der Waals surface area contributed by atoms with Gasteiger partial charge in [-0.15, -0.1) is 0 Å². The number of nitrogens with zero attached hydrogens (tertiary/aromatic N) is 1. The van der Waals surface area contributed by atoms with E-state index in [1.807, 2.05) is 19.0 Å². The van der Waals surface area contributed by atoms with Crippen molar-refractivity contribution in [1.82, 2.24) is 4.90 Å². The van der Waals surface area contributed by atoms with Crippen LogP contribution < -0.4 is 0 Å². The molecule has 0 saturated carbocycles. The van der Waals surface area contributed by atoms with Crippen LogP contribution in [-0.4, -0.2) is 58.6 Å². The van der Waals surface area contributed by atoms with Crippen molar-refractivity contribution in [2.45, 2.75) is 0 Å².